The number of carbonyl (C=O) groups excluding carboxylic acids is 3. The van der Waals surface area contributed by atoms with Crippen LogP contribution in [0.2, 0.25) is 0 Å². The van der Waals surface area contributed by atoms with Crippen LogP contribution < -0.4 is 5.32 Å². The Labute approximate surface area is 152 Å². The predicted octanol–water partition coefficient (Wildman–Crippen LogP) is 2.43. The number of amides is 1. The number of Topliss-reactive ketones (excluding diaryl/α,β-unsaturated/α-hetero) is 1. The molecule has 2 rings (SSSR count). The van der Waals surface area contributed by atoms with E-state index in [0.717, 1.165) is 0 Å². The fourth-order valence-corrected chi connectivity index (χ4v) is 2.51. The molecule has 136 valence electrons. The minimum Gasteiger partial charge on any atom is -0.467 e. The molecular formula is C20H22N2O4. The maximum atomic E-state index is 12.6. The smallest absolute Gasteiger partial charge is 0.328 e. The molecule has 0 saturated heterocycles. The van der Waals surface area contributed by atoms with Crippen LogP contribution >= 0.6 is 0 Å². The number of aromatic nitrogens is 1. The molecule has 0 aliphatic heterocycles. The Morgan fingerprint density at radius 3 is 2.38 bits per heavy atom. The lowest BCUT2D eigenvalue weighted by molar-refractivity contribution is -0.144. The van der Waals surface area contributed by atoms with Crippen LogP contribution in [0.3, 0.4) is 0 Å². The summed E-state index contributed by atoms with van der Waals surface area (Å²) in [6, 6.07) is 11.3. The Bertz CT molecular complexity index is 787. The van der Waals surface area contributed by atoms with E-state index in [-0.39, 0.29) is 23.7 Å². The van der Waals surface area contributed by atoms with Gasteiger partial charge < -0.3 is 10.1 Å². The molecule has 1 aromatic carbocycles. The van der Waals surface area contributed by atoms with Crippen molar-refractivity contribution < 1.29 is 19.1 Å². The third-order valence-corrected chi connectivity index (χ3v) is 3.97. The first-order chi connectivity index (χ1) is 12.4. The van der Waals surface area contributed by atoms with E-state index < -0.39 is 17.9 Å². The quantitative estimate of drug-likeness (QED) is 0.610. The van der Waals surface area contributed by atoms with Gasteiger partial charge in [-0.1, -0.05) is 44.2 Å². The van der Waals surface area contributed by atoms with Crippen LogP contribution in [0.1, 0.15) is 40.3 Å². The molecule has 0 bridgehead atoms. The normalized spacial score (nSPS) is 11.7. The van der Waals surface area contributed by atoms with E-state index >= 15 is 0 Å². The minimum atomic E-state index is -0.773. The zero-order valence-corrected chi connectivity index (χ0v) is 15.1. The molecule has 0 fully saturated rings. The van der Waals surface area contributed by atoms with Crippen molar-refractivity contribution in [3.8, 4) is 0 Å². The van der Waals surface area contributed by atoms with Gasteiger partial charge >= 0.3 is 5.97 Å². The lowest BCUT2D eigenvalue weighted by Gasteiger charge is -2.20. The van der Waals surface area contributed by atoms with Crippen molar-refractivity contribution in [2.75, 3.05) is 7.11 Å². The Morgan fingerprint density at radius 1 is 1.08 bits per heavy atom. The molecule has 0 spiro atoms. The lowest BCUT2D eigenvalue weighted by atomic mass is 10.0. The Morgan fingerprint density at radius 2 is 1.77 bits per heavy atom. The number of carbonyl (C=O) groups is 3. The van der Waals surface area contributed by atoms with E-state index in [0.29, 0.717) is 11.3 Å². The molecule has 1 aromatic heterocycles. The maximum Gasteiger partial charge on any atom is 0.328 e. The highest BCUT2D eigenvalue weighted by molar-refractivity contribution is 6.01. The summed E-state index contributed by atoms with van der Waals surface area (Å²) in [7, 11) is 1.28. The van der Waals surface area contributed by atoms with Gasteiger partial charge in [0.1, 0.15) is 6.04 Å². The van der Waals surface area contributed by atoms with Gasteiger partial charge in [-0.15, -0.1) is 0 Å². The summed E-state index contributed by atoms with van der Waals surface area (Å²) >= 11 is 0. The number of nitrogens with one attached hydrogen (secondary N) is 1. The standard InChI is InChI=1S/C20H22N2O4/c1-13(2)18(20(25)26-3)22-19(24)15-10-7-11-21-16(15)12-17(23)14-8-5-4-6-9-14/h4-11,13,18H,12H2,1-3H3,(H,22,24). The fraction of sp³-hybridized carbons (Fsp3) is 0.300. The summed E-state index contributed by atoms with van der Waals surface area (Å²) in [4.78, 5) is 41.1. The van der Waals surface area contributed by atoms with Gasteiger partial charge in [-0.2, -0.15) is 0 Å². The minimum absolute atomic E-state index is 0.00181. The van der Waals surface area contributed by atoms with Gasteiger partial charge in [0.2, 0.25) is 0 Å². The van der Waals surface area contributed by atoms with Crippen molar-refractivity contribution in [3.63, 3.8) is 0 Å². The zero-order valence-electron chi connectivity index (χ0n) is 15.1. The largest absolute Gasteiger partial charge is 0.467 e. The van der Waals surface area contributed by atoms with Gasteiger partial charge in [-0.3, -0.25) is 14.6 Å². The second-order valence-electron chi connectivity index (χ2n) is 6.18. The van der Waals surface area contributed by atoms with Crippen molar-refractivity contribution in [2.24, 2.45) is 5.92 Å². The number of hydrogen-bond acceptors (Lipinski definition) is 5. The van der Waals surface area contributed by atoms with Crippen LogP contribution in [0.15, 0.2) is 48.7 Å². The summed E-state index contributed by atoms with van der Waals surface area (Å²) in [5, 5.41) is 2.67. The SMILES string of the molecule is COC(=O)C(NC(=O)c1cccnc1CC(=O)c1ccccc1)C(C)C. The van der Waals surface area contributed by atoms with Crippen molar-refractivity contribution in [1.82, 2.24) is 10.3 Å². The van der Waals surface area contributed by atoms with Crippen LogP contribution in [-0.2, 0) is 16.0 Å². The number of ketones is 1. The van der Waals surface area contributed by atoms with Crippen molar-refractivity contribution in [3.05, 3.63) is 65.5 Å². The van der Waals surface area contributed by atoms with E-state index in [2.05, 4.69) is 10.3 Å². The molecule has 1 unspecified atom stereocenters. The average molecular weight is 354 g/mol. The number of methoxy groups -OCH3 is 1. The average Bonchev–Trinajstić information content (AvgIpc) is 2.66. The molecule has 0 radical (unpaired) electrons. The van der Waals surface area contributed by atoms with E-state index in [1.165, 1.54) is 13.3 Å². The monoisotopic (exact) mass is 354 g/mol. The molecule has 2 aromatic rings. The number of rotatable bonds is 7. The lowest BCUT2D eigenvalue weighted by Crippen LogP contribution is -2.45. The summed E-state index contributed by atoms with van der Waals surface area (Å²) in [6.07, 6.45) is 1.53. The first-order valence-corrected chi connectivity index (χ1v) is 8.35. The highest BCUT2D eigenvalue weighted by atomic mass is 16.5. The molecule has 0 aliphatic rings. The number of nitrogens with zero attached hydrogens (tertiary/aromatic N) is 1. The van der Waals surface area contributed by atoms with Gasteiger partial charge in [-0.25, -0.2) is 4.79 Å². The van der Waals surface area contributed by atoms with Gasteiger partial charge in [0.05, 0.1) is 24.8 Å². The summed E-state index contributed by atoms with van der Waals surface area (Å²) in [5.74, 6) is -1.25. The van der Waals surface area contributed by atoms with Crippen molar-refractivity contribution in [1.29, 1.82) is 0 Å². The molecule has 26 heavy (non-hydrogen) atoms. The second kappa shape index (κ2) is 8.89. The fourth-order valence-electron chi connectivity index (χ4n) is 2.51. The topological polar surface area (TPSA) is 85.4 Å². The Hall–Kier alpha value is -3.02. The van der Waals surface area contributed by atoms with Crippen molar-refractivity contribution >= 4 is 17.7 Å². The van der Waals surface area contributed by atoms with Gasteiger partial charge in [0.15, 0.2) is 5.78 Å². The summed E-state index contributed by atoms with van der Waals surface area (Å²) in [6.45, 7) is 3.62. The molecule has 1 heterocycles. The van der Waals surface area contributed by atoms with E-state index in [1.807, 2.05) is 19.9 Å². The molecule has 0 aliphatic carbocycles. The highest BCUT2D eigenvalue weighted by Crippen LogP contribution is 2.12. The molecule has 1 atom stereocenters. The van der Waals surface area contributed by atoms with Crippen molar-refractivity contribution in [2.45, 2.75) is 26.3 Å². The number of pyridine rings is 1. The third-order valence-electron chi connectivity index (χ3n) is 3.97. The molecule has 1 N–H and O–H groups in total. The van der Waals surface area contributed by atoms with Crippen LogP contribution in [-0.4, -0.2) is 35.8 Å². The number of ether oxygens (including phenoxy) is 1. The molecule has 6 nitrogen and oxygen atoms in total. The number of esters is 1. The van der Waals surface area contributed by atoms with Crippen LogP contribution in [0.25, 0.3) is 0 Å². The number of hydrogen-bond donors (Lipinski definition) is 1. The molecular weight excluding hydrogens is 332 g/mol. The van der Waals surface area contributed by atoms with Gasteiger partial charge in [-0.05, 0) is 18.1 Å². The van der Waals surface area contributed by atoms with Gasteiger partial charge in [0.25, 0.3) is 5.91 Å². The van der Waals surface area contributed by atoms with E-state index in [1.54, 1.807) is 36.4 Å². The zero-order chi connectivity index (χ0) is 19.1. The van der Waals surface area contributed by atoms with E-state index in [4.69, 9.17) is 4.74 Å². The molecule has 0 saturated carbocycles. The second-order valence-corrected chi connectivity index (χ2v) is 6.18. The molecule has 1 amide bonds. The first-order valence-electron chi connectivity index (χ1n) is 8.35. The maximum absolute atomic E-state index is 12.6. The Balaban J connectivity index is 2.21. The van der Waals surface area contributed by atoms with Crippen LogP contribution in [0, 0.1) is 5.92 Å². The first kappa shape index (κ1) is 19.3. The van der Waals surface area contributed by atoms with E-state index in [9.17, 15) is 14.4 Å². The predicted molar refractivity (Wildman–Crippen MR) is 96.8 cm³/mol. The molecule has 6 heteroatoms. The highest BCUT2D eigenvalue weighted by Gasteiger charge is 2.26. The van der Waals surface area contributed by atoms with Crippen LogP contribution in [0.4, 0.5) is 0 Å². The number of benzene rings is 1. The summed E-state index contributed by atoms with van der Waals surface area (Å²) in [5.41, 5.74) is 1.19. The van der Waals surface area contributed by atoms with Gasteiger partial charge in [0, 0.05) is 11.8 Å². The van der Waals surface area contributed by atoms with Crippen LogP contribution in [0.5, 0.6) is 0 Å². The summed E-state index contributed by atoms with van der Waals surface area (Å²) < 4.78 is 4.74. The Kier molecular flexibility index (Phi) is 6.60. The third kappa shape index (κ3) is 4.75.